The number of rotatable bonds is 7. The van der Waals surface area contributed by atoms with Gasteiger partial charge in [-0.3, -0.25) is 4.79 Å². The van der Waals surface area contributed by atoms with Gasteiger partial charge in [0.25, 0.3) is 5.91 Å². The van der Waals surface area contributed by atoms with Gasteiger partial charge in [0.1, 0.15) is 12.6 Å². The van der Waals surface area contributed by atoms with Gasteiger partial charge >= 0.3 is 5.97 Å². The maximum atomic E-state index is 12.4. The van der Waals surface area contributed by atoms with Crippen molar-refractivity contribution >= 4 is 11.9 Å². The van der Waals surface area contributed by atoms with Crippen LogP contribution < -0.4 is 5.32 Å². The third-order valence-corrected chi connectivity index (χ3v) is 3.80. The van der Waals surface area contributed by atoms with Crippen LogP contribution in [0.3, 0.4) is 0 Å². The molecule has 134 valence electrons. The van der Waals surface area contributed by atoms with E-state index in [4.69, 9.17) is 10.00 Å². The van der Waals surface area contributed by atoms with Crippen LogP contribution in [-0.2, 0) is 16.1 Å². The predicted octanol–water partition coefficient (Wildman–Crippen LogP) is 3.45. The summed E-state index contributed by atoms with van der Waals surface area (Å²) in [7, 11) is 0. The third kappa shape index (κ3) is 5.75. The normalized spacial score (nSPS) is 11.5. The zero-order chi connectivity index (χ0) is 18.9. The topological polar surface area (TPSA) is 79.2 Å². The average molecular weight is 350 g/mol. The number of benzene rings is 2. The number of carbonyl (C=O) groups excluding carboxylic acids is 2. The second-order valence-corrected chi connectivity index (χ2v) is 6.44. The molecule has 0 aromatic heterocycles. The number of nitrogens with zero attached hydrogens (tertiary/aromatic N) is 1. The lowest BCUT2D eigenvalue weighted by Crippen LogP contribution is -2.42. The molecular weight excluding hydrogens is 328 g/mol. The second-order valence-electron chi connectivity index (χ2n) is 6.44. The molecule has 1 N–H and O–H groups in total. The quantitative estimate of drug-likeness (QED) is 0.776. The largest absolute Gasteiger partial charge is 0.459 e. The molecule has 26 heavy (non-hydrogen) atoms. The molecule has 1 amide bonds. The van der Waals surface area contributed by atoms with Crippen LogP contribution in [0.2, 0.25) is 0 Å². The summed E-state index contributed by atoms with van der Waals surface area (Å²) in [6.45, 7) is 4.12. The van der Waals surface area contributed by atoms with Gasteiger partial charge < -0.3 is 10.1 Å². The van der Waals surface area contributed by atoms with Gasteiger partial charge in [-0.25, -0.2) is 4.79 Å². The van der Waals surface area contributed by atoms with Crippen molar-refractivity contribution in [3.63, 3.8) is 0 Å². The highest BCUT2D eigenvalue weighted by Gasteiger charge is 2.24. The van der Waals surface area contributed by atoms with Gasteiger partial charge in [-0.2, -0.15) is 5.26 Å². The Labute approximate surface area is 153 Å². The number of nitrogens with one attached hydrogen (secondary N) is 1. The Hall–Kier alpha value is -3.13. The first kappa shape index (κ1) is 19.2. The Kier molecular flexibility index (Phi) is 6.92. The lowest BCUT2D eigenvalue weighted by molar-refractivity contribution is -0.147. The number of nitriles is 1. The first-order valence-electron chi connectivity index (χ1n) is 8.51. The summed E-state index contributed by atoms with van der Waals surface area (Å²) < 4.78 is 5.37. The first-order valence-corrected chi connectivity index (χ1v) is 8.51. The van der Waals surface area contributed by atoms with E-state index < -0.39 is 12.0 Å². The average Bonchev–Trinajstić information content (AvgIpc) is 2.66. The minimum absolute atomic E-state index is 0.168. The Morgan fingerprint density at radius 2 is 1.73 bits per heavy atom. The fourth-order valence-corrected chi connectivity index (χ4v) is 2.45. The van der Waals surface area contributed by atoms with Gasteiger partial charge in [-0.05, 0) is 42.2 Å². The molecule has 0 saturated carbocycles. The van der Waals surface area contributed by atoms with Crippen LogP contribution in [0.15, 0.2) is 54.6 Å². The molecule has 0 fully saturated rings. The lowest BCUT2D eigenvalue weighted by atomic mass is 10.0. The molecule has 0 aliphatic carbocycles. The number of amides is 1. The van der Waals surface area contributed by atoms with Crippen LogP contribution >= 0.6 is 0 Å². The van der Waals surface area contributed by atoms with Crippen molar-refractivity contribution in [3.8, 4) is 6.07 Å². The van der Waals surface area contributed by atoms with E-state index in [2.05, 4.69) is 5.32 Å². The van der Waals surface area contributed by atoms with E-state index in [0.717, 1.165) is 5.56 Å². The van der Waals surface area contributed by atoms with Crippen LogP contribution in [0.5, 0.6) is 0 Å². The van der Waals surface area contributed by atoms with Crippen LogP contribution in [-0.4, -0.2) is 17.9 Å². The van der Waals surface area contributed by atoms with Crippen LogP contribution in [0.25, 0.3) is 0 Å². The molecule has 2 aromatic rings. The molecule has 0 aliphatic rings. The van der Waals surface area contributed by atoms with E-state index in [1.165, 1.54) is 0 Å². The van der Waals surface area contributed by atoms with E-state index >= 15 is 0 Å². The smallest absolute Gasteiger partial charge is 0.328 e. The summed E-state index contributed by atoms with van der Waals surface area (Å²) in [6, 6.07) is 16.9. The highest BCUT2D eigenvalue weighted by Crippen LogP contribution is 2.11. The van der Waals surface area contributed by atoms with Crippen molar-refractivity contribution in [2.24, 2.45) is 5.92 Å². The molecule has 2 aromatic carbocycles. The van der Waals surface area contributed by atoms with E-state index in [9.17, 15) is 9.59 Å². The monoisotopic (exact) mass is 350 g/mol. The van der Waals surface area contributed by atoms with E-state index in [1.807, 2.05) is 50.2 Å². The number of carbonyl (C=O) groups is 2. The predicted molar refractivity (Wildman–Crippen MR) is 98.1 cm³/mol. The minimum atomic E-state index is -0.721. The number of hydrogen-bond acceptors (Lipinski definition) is 4. The Balaban J connectivity index is 2.01. The number of ether oxygens (including phenoxy) is 1. The fraction of sp³-hybridized carbons (Fsp3) is 0.286. The first-order chi connectivity index (χ1) is 12.5. The fourth-order valence-electron chi connectivity index (χ4n) is 2.45. The maximum Gasteiger partial charge on any atom is 0.328 e. The summed E-state index contributed by atoms with van der Waals surface area (Å²) >= 11 is 0. The summed E-state index contributed by atoms with van der Waals surface area (Å²) in [6.07, 6.45) is 0.482. The summed E-state index contributed by atoms with van der Waals surface area (Å²) in [4.78, 5) is 24.9. The van der Waals surface area contributed by atoms with Gasteiger partial charge in [-0.1, -0.05) is 44.2 Å². The molecule has 0 unspecified atom stereocenters. The lowest BCUT2D eigenvalue weighted by Gasteiger charge is -2.19. The van der Waals surface area contributed by atoms with Crippen molar-refractivity contribution < 1.29 is 14.3 Å². The zero-order valence-electron chi connectivity index (χ0n) is 14.9. The van der Waals surface area contributed by atoms with Crippen LogP contribution in [0, 0.1) is 17.2 Å². The zero-order valence-corrected chi connectivity index (χ0v) is 14.9. The molecule has 1 atom stereocenters. The van der Waals surface area contributed by atoms with Crippen molar-refractivity contribution in [1.82, 2.24) is 5.32 Å². The third-order valence-electron chi connectivity index (χ3n) is 3.80. The summed E-state index contributed by atoms with van der Waals surface area (Å²) in [5.74, 6) is -0.605. The molecule has 0 heterocycles. The molecule has 0 saturated heterocycles. The van der Waals surface area contributed by atoms with Crippen molar-refractivity contribution in [3.05, 3.63) is 71.3 Å². The highest BCUT2D eigenvalue weighted by atomic mass is 16.5. The molecule has 0 spiro atoms. The SMILES string of the molecule is CC(C)C[C@H](NC(=O)c1ccc(C#N)cc1)C(=O)OCc1ccccc1. The van der Waals surface area contributed by atoms with Crippen molar-refractivity contribution in [2.75, 3.05) is 0 Å². The Bertz CT molecular complexity index is 777. The Morgan fingerprint density at radius 3 is 2.31 bits per heavy atom. The molecule has 0 aliphatic heterocycles. The van der Waals surface area contributed by atoms with E-state index in [1.54, 1.807) is 24.3 Å². The number of hydrogen-bond donors (Lipinski definition) is 1. The van der Waals surface area contributed by atoms with Gasteiger partial charge in [0.05, 0.1) is 11.6 Å². The Morgan fingerprint density at radius 1 is 1.08 bits per heavy atom. The summed E-state index contributed by atoms with van der Waals surface area (Å²) in [5, 5.41) is 11.6. The molecule has 5 nitrogen and oxygen atoms in total. The van der Waals surface area contributed by atoms with Gasteiger partial charge in [-0.15, -0.1) is 0 Å². The highest BCUT2D eigenvalue weighted by molar-refractivity contribution is 5.96. The van der Waals surface area contributed by atoms with E-state index in [0.29, 0.717) is 17.5 Å². The summed E-state index contributed by atoms with van der Waals surface area (Å²) in [5.41, 5.74) is 1.76. The number of esters is 1. The molecule has 5 heteroatoms. The van der Waals surface area contributed by atoms with Crippen LogP contribution in [0.1, 0.15) is 41.8 Å². The molecule has 0 bridgehead atoms. The van der Waals surface area contributed by atoms with Gasteiger partial charge in [0, 0.05) is 5.56 Å². The maximum absolute atomic E-state index is 12.4. The van der Waals surface area contributed by atoms with Gasteiger partial charge in [0.2, 0.25) is 0 Å². The van der Waals surface area contributed by atoms with Crippen molar-refractivity contribution in [1.29, 1.82) is 5.26 Å². The van der Waals surface area contributed by atoms with Gasteiger partial charge in [0.15, 0.2) is 0 Å². The minimum Gasteiger partial charge on any atom is -0.459 e. The standard InChI is InChI=1S/C21H22N2O3/c1-15(2)12-19(21(25)26-14-17-6-4-3-5-7-17)23-20(24)18-10-8-16(13-22)9-11-18/h3-11,15,19H,12,14H2,1-2H3,(H,23,24)/t19-/m0/s1. The van der Waals surface area contributed by atoms with Crippen LogP contribution in [0.4, 0.5) is 0 Å². The van der Waals surface area contributed by atoms with E-state index in [-0.39, 0.29) is 18.4 Å². The van der Waals surface area contributed by atoms with Crippen molar-refractivity contribution in [2.45, 2.75) is 32.9 Å². The second kappa shape index (κ2) is 9.38. The molecule has 0 radical (unpaired) electrons. The molecular formula is C21H22N2O3. The molecule has 2 rings (SSSR count).